The van der Waals surface area contributed by atoms with Crippen molar-refractivity contribution in [2.75, 3.05) is 6.54 Å². The molecule has 0 saturated heterocycles. The number of benzene rings is 1. The number of thiazole rings is 1. The van der Waals surface area contributed by atoms with Crippen molar-refractivity contribution in [3.05, 3.63) is 39.7 Å². The summed E-state index contributed by atoms with van der Waals surface area (Å²) in [6.07, 6.45) is 0.583. The summed E-state index contributed by atoms with van der Waals surface area (Å²) in [5, 5.41) is 3.41. The molecule has 0 atom stereocenters. The number of nitrogens with zero attached hydrogens (tertiary/aromatic N) is 4. The van der Waals surface area contributed by atoms with E-state index in [4.69, 9.17) is 5.53 Å². The summed E-state index contributed by atoms with van der Waals surface area (Å²) in [6.45, 7) is 0.419. The summed E-state index contributed by atoms with van der Waals surface area (Å²) in [5.74, 6) is 5.97. The van der Waals surface area contributed by atoms with Crippen molar-refractivity contribution in [1.82, 2.24) is 4.98 Å². The molecular weight excluding hydrogens is 220 g/mol. The van der Waals surface area contributed by atoms with E-state index in [9.17, 15) is 0 Å². The second kappa shape index (κ2) is 5.17. The van der Waals surface area contributed by atoms with Crippen LogP contribution in [0.15, 0.2) is 28.8 Å². The summed E-state index contributed by atoms with van der Waals surface area (Å²) < 4.78 is 1.17. The molecule has 0 saturated carbocycles. The molecule has 1 aromatic heterocycles. The molecule has 16 heavy (non-hydrogen) atoms. The van der Waals surface area contributed by atoms with Gasteiger partial charge in [0.1, 0.15) is 0 Å². The van der Waals surface area contributed by atoms with Gasteiger partial charge in [0.05, 0.1) is 15.7 Å². The van der Waals surface area contributed by atoms with Crippen molar-refractivity contribution in [2.45, 2.75) is 6.42 Å². The fourth-order valence-corrected chi connectivity index (χ4v) is 1.91. The molecule has 0 aliphatic heterocycles. The summed E-state index contributed by atoms with van der Waals surface area (Å²) in [5.41, 5.74) is 11.8. The lowest BCUT2D eigenvalue weighted by atomic mass is 10.2. The quantitative estimate of drug-likeness (QED) is 0.255. The summed E-state index contributed by atoms with van der Waals surface area (Å²) in [7, 11) is 0. The van der Waals surface area contributed by atoms with Gasteiger partial charge in [-0.05, 0) is 23.7 Å². The van der Waals surface area contributed by atoms with Gasteiger partial charge in [0.15, 0.2) is 0 Å². The van der Waals surface area contributed by atoms with Crippen LogP contribution in [0.5, 0.6) is 0 Å². The van der Waals surface area contributed by atoms with Gasteiger partial charge in [-0.3, -0.25) is 0 Å². The average molecular weight is 228 g/mol. The van der Waals surface area contributed by atoms with Gasteiger partial charge < -0.3 is 0 Å². The van der Waals surface area contributed by atoms with E-state index < -0.39 is 0 Å². The lowest BCUT2D eigenvalue weighted by Crippen LogP contribution is -1.76. The highest BCUT2D eigenvalue weighted by atomic mass is 32.1. The van der Waals surface area contributed by atoms with Crippen molar-refractivity contribution in [1.29, 1.82) is 0 Å². The summed E-state index contributed by atoms with van der Waals surface area (Å²) in [4.78, 5) is 6.88. The smallest absolute Gasteiger partial charge is 0.0824 e. The largest absolute Gasteiger partial charge is 0.245 e. The van der Waals surface area contributed by atoms with Gasteiger partial charge in [-0.15, -0.1) is 11.3 Å². The number of azide groups is 1. The minimum Gasteiger partial charge on any atom is -0.245 e. The van der Waals surface area contributed by atoms with Gasteiger partial charge in [-0.25, -0.2) is 4.98 Å². The van der Waals surface area contributed by atoms with Crippen molar-refractivity contribution >= 4 is 21.6 Å². The Morgan fingerprint density at radius 3 is 3.31 bits per heavy atom. The van der Waals surface area contributed by atoms with Gasteiger partial charge in [-0.2, -0.15) is 0 Å². The molecule has 0 N–H and O–H groups in total. The van der Waals surface area contributed by atoms with Crippen LogP contribution in [0.3, 0.4) is 0 Å². The van der Waals surface area contributed by atoms with E-state index in [2.05, 4.69) is 26.9 Å². The van der Waals surface area contributed by atoms with Gasteiger partial charge in [0, 0.05) is 23.4 Å². The maximum Gasteiger partial charge on any atom is 0.0824 e. The minimum atomic E-state index is 0.419. The van der Waals surface area contributed by atoms with Crippen LogP contribution in [0.1, 0.15) is 12.0 Å². The average Bonchev–Trinajstić information content (AvgIpc) is 2.76. The first-order valence-corrected chi connectivity index (χ1v) is 5.61. The maximum absolute atomic E-state index is 8.08. The van der Waals surface area contributed by atoms with Crippen LogP contribution in [0.2, 0.25) is 0 Å². The van der Waals surface area contributed by atoms with E-state index >= 15 is 0 Å². The SMILES string of the molecule is [N-]=[N+]=NCCC#Cc1ccc2scnc2c1. The molecule has 78 valence electrons. The van der Waals surface area contributed by atoms with Crippen LogP contribution in [-0.4, -0.2) is 11.5 Å². The maximum atomic E-state index is 8.08. The van der Waals surface area contributed by atoms with Crippen LogP contribution in [-0.2, 0) is 0 Å². The normalized spacial score (nSPS) is 9.25. The molecule has 0 radical (unpaired) electrons. The van der Waals surface area contributed by atoms with E-state index in [-0.39, 0.29) is 0 Å². The van der Waals surface area contributed by atoms with Crippen LogP contribution >= 0.6 is 11.3 Å². The van der Waals surface area contributed by atoms with E-state index in [1.165, 1.54) is 4.70 Å². The van der Waals surface area contributed by atoms with E-state index in [1.54, 1.807) is 11.3 Å². The highest BCUT2D eigenvalue weighted by Crippen LogP contribution is 2.18. The van der Waals surface area contributed by atoms with Crippen molar-refractivity contribution < 1.29 is 0 Å². The first-order valence-electron chi connectivity index (χ1n) is 4.73. The Bertz CT molecular complexity index is 599. The van der Waals surface area contributed by atoms with Gasteiger partial charge in [0.25, 0.3) is 0 Å². The number of fused-ring (bicyclic) bond motifs is 1. The number of aromatic nitrogens is 1. The Labute approximate surface area is 96.6 Å². The minimum absolute atomic E-state index is 0.419. The Kier molecular flexibility index (Phi) is 3.39. The molecule has 0 amide bonds. The Hall–Kier alpha value is -2.02. The molecule has 5 heteroatoms. The third-order valence-corrected chi connectivity index (χ3v) is 2.77. The molecule has 1 aromatic carbocycles. The first-order chi connectivity index (χ1) is 7.90. The molecule has 0 fully saturated rings. The Morgan fingerprint density at radius 2 is 2.44 bits per heavy atom. The van der Waals surface area contributed by atoms with Crippen LogP contribution in [0.25, 0.3) is 20.7 Å². The summed E-state index contributed by atoms with van der Waals surface area (Å²) >= 11 is 1.62. The third-order valence-electron chi connectivity index (χ3n) is 1.96. The van der Waals surface area contributed by atoms with Crippen molar-refractivity contribution in [3.63, 3.8) is 0 Å². The van der Waals surface area contributed by atoms with E-state index in [1.807, 2.05) is 23.7 Å². The lowest BCUT2D eigenvalue weighted by Gasteiger charge is -1.89. The van der Waals surface area contributed by atoms with Gasteiger partial charge in [-0.1, -0.05) is 17.0 Å². The zero-order valence-electron chi connectivity index (χ0n) is 8.42. The zero-order valence-corrected chi connectivity index (χ0v) is 9.24. The molecule has 0 aliphatic carbocycles. The molecule has 2 aromatic rings. The van der Waals surface area contributed by atoms with Crippen LogP contribution < -0.4 is 0 Å². The van der Waals surface area contributed by atoms with Gasteiger partial charge >= 0.3 is 0 Å². The monoisotopic (exact) mass is 228 g/mol. The predicted octanol–water partition coefficient (Wildman–Crippen LogP) is 3.35. The molecule has 0 unspecified atom stereocenters. The molecule has 0 bridgehead atoms. The third kappa shape index (κ3) is 2.51. The number of rotatable bonds is 2. The molecule has 0 aliphatic rings. The molecule has 4 nitrogen and oxygen atoms in total. The Morgan fingerprint density at radius 1 is 1.50 bits per heavy atom. The fourth-order valence-electron chi connectivity index (χ4n) is 1.25. The standard InChI is InChI=1S/C11H8N4S/c12-15-14-6-2-1-3-9-4-5-11-10(7-9)13-8-16-11/h4-5,7-8H,2,6H2. The van der Waals surface area contributed by atoms with E-state index in [0.29, 0.717) is 13.0 Å². The zero-order chi connectivity index (χ0) is 11.2. The highest BCUT2D eigenvalue weighted by Gasteiger charge is 1.95. The topological polar surface area (TPSA) is 61.7 Å². The highest BCUT2D eigenvalue weighted by molar-refractivity contribution is 7.16. The first kappa shape index (κ1) is 10.5. The lowest BCUT2D eigenvalue weighted by molar-refractivity contribution is 1.01. The van der Waals surface area contributed by atoms with Gasteiger partial charge in [0.2, 0.25) is 0 Å². The fraction of sp³-hybridized carbons (Fsp3) is 0.182. The Balaban J connectivity index is 2.11. The van der Waals surface area contributed by atoms with E-state index in [0.717, 1.165) is 11.1 Å². The van der Waals surface area contributed by atoms with Crippen molar-refractivity contribution in [2.24, 2.45) is 5.11 Å². The van der Waals surface area contributed by atoms with Crippen LogP contribution in [0, 0.1) is 11.8 Å². The van der Waals surface area contributed by atoms with Crippen LogP contribution in [0.4, 0.5) is 0 Å². The molecular formula is C11H8N4S. The molecule has 0 spiro atoms. The second-order valence-electron chi connectivity index (χ2n) is 3.04. The number of hydrogen-bond donors (Lipinski definition) is 0. The molecule has 1 heterocycles. The summed E-state index contributed by atoms with van der Waals surface area (Å²) in [6, 6.07) is 5.96. The van der Waals surface area contributed by atoms with Crippen molar-refractivity contribution in [3.8, 4) is 11.8 Å². The second-order valence-corrected chi connectivity index (χ2v) is 3.93. The predicted molar refractivity (Wildman–Crippen MR) is 65.1 cm³/mol. The molecule has 2 rings (SSSR count). The number of hydrogen-bond acceptors (Lipinski definition) is 3.